The number of benzene rings is 1. The summed E-state index contributed by atoms with van der Waals surface area (Å²) in [7, 11) is 0. The fourth-order valence-corrected chi connectivity index (χ4v) is 1.54. The summed E-state index contributed by atoms with van der Waals surface area (Å²) in [5.74, 6) is -0.654. The molecule has 0 aliphatic rings. The highest BCUT2D eigenvalue weighted by Crippen LogP contribution is 2.28. The molecule has 1 aromatic carbocycles. The standard InChI is InChI=1S/C13H15NO5/c1-3-9-19-12(13(15)18-4-2)10-7-5-6-8-11(10)14(16)17/h3,5-8,12H,1,4,9H2,2H3. The number of nitro benzene ring substituents is 1. The minimum absolute atomic E-state index is 0.0928. The third-order valence-electron chi connectivity index (χ3n) is 2.30. The summed E-state index contributed by atoms with van der Waals surface area (Å²) >= 11 is 0. The molecule has 1 aromatic rings. The smallest absolute Gasteiger partial charge is 0.340 e. The molecule has 0 N–H and O–H groups in total. The summed E-state index contributed by atoms with van der Waals surface area (Å²) in [6.07, 6.45) is 0.334. The largest absolute Gasteiger partial charge is 0.464 e. The Morgan fingerprint density at radius 2 is 2.21 bits per heavy atom. The molecule has 1 unspecified atom stereocenters. The number of carbonyl (C=O) groups excluding carboxylic acids is 1. The van der Waals surface area contributed by atoms with E-state index in [0.717, 1.165) is 0 Å². The average molecular weight is 265 g/mol. The molecule has 1 rings (SSSR count). The van der Waals surface area contributed by atoms with E-state index in [1.165, 1.54) is 24.3 Å². The van der Waals surface area contributed by atoms with Crippen LogP contribution in [0.3, 0.4) is 0 Å². The van der Waals surface area contributed by atoms with Gasteiger partial charge in [0, 0.05) is 6.07 Å². The van der Waals surface area contributed by atoms with Gasteiger partial charge in [-0.15, -0.1) is 6.58 Å². The highest BCUT2D eigenvalue weighted by Gasteiger charge is 2.29. The van der Waals surface area contributed by atoms with Crippen LogP contribution in [0, 0.1) is 10.1 Å². The molecule has 0 aliphatic heterocycles. The Morgan fingerprint density at radius 3 is 2.79 bits per heavy atom. The summed E-state index contributed by atoms with van der Waals surface area (Å²) in [5, 5.41) is 11.0. The predicted molar refractivity (Wildman–Crippen MR) is 68.6 cm³/mol. The lowest BCUT2D eigenvalue weighted by molar-refractivity contribution is -0.386. The van der Waals surface area contributed by atoms with Gasteiger partial charge in [-0.3, -0.25) is 10.1 Å². The Labute approximate surface area is 110 Å². The van der Waals surface area contributed by atoms with Crippen LogP contribution in [0.15, 0.2) is 36.9 Å². The van der Waals surface area contributed by atoms with Gasteiger partial charge in [0.2, 0.25) is 0 Å². The molecule has 0 amide bonds. The van der Waals surface area contributed by atoms with E-state index in [1.54, 1.807) is 13.0 Å². The second kappa shape index (κ2) is 7.27. The van der Waals surface area contributed by atoms with E-state index in [9.17, 15) is 14.9 Å². The van der Waals surface area contributed by atoms with E-state index in [1.807, 2.05) is 0 Å². The molecular weight excluding hydrogens is 250 g/mol. The first kappa shape index (κ1) is 14.8. The van der Waals surface area contributed by atoms with Crippen LogP contribution in [0.1, 0.15) is 18.6 Å². The summed E-state index contributed by atoms with van der Waals surface area (Å²) in [6, 6.07) is 5.92. The third-order valence-corrected chi connectivity index (χ3v) is 2.30. The first-order valence-electron chi connectivity index (χ1n) is 5.74. The lowest BCUT2D eigenvalue weighted by atomic mass is 10.1. The predicted octanol–water partition coefficient (Wildman–Crippen LogP) is 2.40. The van der Waals surface area contributed by atoms with Crippen molar-refractivity contribution in [2.75, 3.05) is 13.2 Å². The molecule has 0 heterocycles. The van der Waals surface area contributed by atoms with E-state index in [-0.39, 0.29) is 24.5 Å². The maximum atomic E-state index is 11.8. The number of ether oxygens (including phenoxy) is 2. The van der Waals surface area contributed by atoms with Crippen molar-refractivity contribution in [3.8, 4) is 0 Å². The monoisotopic (exact) mass is 265 g/mol. The van der Waals surface area contributed by atoms with E-state index >= 15 is 0 Å². The lowest BCUT2D eigenvalue weighted by Crippen LogP contribution is -2.20. The van der Waals surface area contributed by atoms with Crippen molar-refractivity contribution in [2.24, 2.45) is 0 Å². The molecule has 0 radical (unpaired) electrons. The van der Waals surface area contributed by atoms with Gasteiger partial charge < -0.3 is 9.47 Å². The van der Waals surface area contributed by atoms with Gasteiger partial charge in [0.1, 0.15) is 0 Å². The molecule has 0 aromatic heterocycles. The molecule has 6 heteroatoms. The van der Waals surface area contributed by atoms with Crippen LogP contribution >= 0.6 is 0 Å². The van der Waals surface area contributed by atoms with Gasteiger partial charge >= 0.3 is 5.97 Å². The Kier molecular flexibility index (Phi) is 5.69. The van der Waals surface area contributed by atoms with Crippen molar-refractivity contribution < 1.29 is 19.2 Å². The topological polar surface area (TPSA) is 78.7 Å². The van der Waals surface area contributed by atoms with Crippen LogP contribution in [-0.4, -0.2) is 24.1 Å². The molecule has 0 saturated heterocycles. The number of nitrogens with zero attached hydrogens (tertiary/aromatic N) is 1. The van der Waals surface area contributed by atoms with Crippen LogP contribution < -0.4 is 0 Å². The van der Waals surface area contributed by atoms with Crippen LogP contribution in [0.25, 0.3) is 0 Å². The maximum absolute atomic E-state index is 11.8. The van der Waals surface area contributed by atoms with Crippen molar-refractivity contribution in [3.63, 3.8) is 0 Å². The number of esters is 1. The molecule has 102 valence electrons. The lowest BCUT2D eigenvalue weighted by Gasteiger charge is -2.15. The van der Waals surface area contributed by atoms with Crippen LogP contribution in [-0.2, 0) is 14.3 Å². The van der Waals surface area contributed by atoms with Gasteiger partial charge in [0.15, 0.2) is 6.10 Å². The molecule has 6 nitrogen and oxygen atoms in total. The fraction of sp³-hybridized carbons (Fsp3) is 0.308. The molecule has 0 fully saturated rings. The Bertz CT molecular complexity index is 472. The zero-order valence-corrected chi connectivity index (χ0v) is 10.6. The van der Waals surface area contributed by atoms with Gasteiger partial charge in [-0.25, -0.2) is 4.79 Å². The second-order valence-electron chi connectivity index (χ2n) is 3.57. The van der Waals surface area contributed by atoms with E-state index < -0.39 is 17.0 Å². The van der Waals surface area contributed by atoms with Crippen molar-refractivity contribution >= 4 is 11.7 Å². The molecule has 0 aliphatic carbocycles. The molecule has 1 atom stereocenters. The highest BCUT2D eigenvalue weighted by molar-refractivity contribution is 5.78. The average Bonchev–Trinajstić information content (AvgIpc) is 2.40. The zero-order chi connectivity index (χ0) is 14.3. The minimum atomic E-state index is -1.13. The highest BCUT2D eigenvalue weighted by atomic mass is 16.6. The molecule has 0 saturated carbocycles. The second-order valence-corrected chi connectivity index (χ2v) is 3.57. The zero-order valence-electron chi connectivity index (χ0n) is 10.6. The third kappa shape index (κ3) is 3.89. The van der Waals surface area contributed by atoms with E-state index in [2.05, 4.69) is 6.58 Å². The number of hydrogen-bond acceptors (Lipinski definition) is 5. The number of nitro groups is 1. The van der Waals surface area contributed by atoms with Gasteiger partial charge in [-0.05, 0) is 13.0 Å². The van der Waals surface area contributed by atoms with Crippen molar-refractivity contribution in [3.05, 3.63) is 52.6 Å². The fourth-order valence-electron chi connectivity index (χ4n) is 1.54. The quantitative estimate of drug-likeness (QED) is 0.327. The normalized spacial score (nSPS) is 11.6. The molecule has 0 bridgehead atoms. The van der Waals surface area contributed by atoms with Crippen molar-refractivity contribution in [2.45, 2.75) is 13.0 Å². The first-order chi connectivity index (χ1) is 9.11. The van der Waals surface area contributed by atoms with Crippen LogP contribution in [0.5, 0.6) is 0 Å². The Hall–Kier alpha value is -2.21. The van der Waals surface area contributed by atoms with Crippen LogP contribution in [0.2, 0.25) is 0 Å². The van der Waals surface area contributed by atoms with Crippen molar-refractivity contribution in [1.82, 2.24) is 0 Å². The Balaban J connectivity index is 3.12. The summed E-state index contributed by atoms with van der Waals surface area (Å²) < 4.78 is 10.2. The number of rotatable bonds is 7. The molecular formula is C13H15NO5. The van der Waals surface area contributed by atoms with Gasteiger partial charge in [-0.2, -0.15) is 0 Å². The number of hydrogen-bond donors (Lipinski definition) is 0. The first-order valence-corrected chi connectivity index (χ1v) is 5.74. The SMILES string of the molecule is C=CCOC(C(=O)OCC)c1ccccc1[N+](=O)[O-]. The number of para-hydroxylation sites is 1. The van der Waals surface area contributed by atoms with Crippen molar-refractivity contribution in [1.29, 1.82) is 0 Å². The Morgan fingerprint density at radius 1 is 1.53 bits per heavy atom. The summed E-state index contributed by atoms with van der Waals surface area (Å²) in [5.41, 5.74) is -0.00239. The van der Waals surface area contributed by atoms with E-state index in [0.29, 0.717) is 0 Å². The summed E-state index contributed by atoms with van der Waals surface area (Å²) in [4.78, 5) is 22.2. The van der Waals surface area contributed by atoms with E-state index in [4.69, 9.17) is 9.47 Å². The van der Waals surface area contributed by atoms with Gasteiger partial charge in [0.05, 0.1) is 23.7 Å². The number of carbonyl (C=O) groups is 1. The van der Waals surface area contributed by atoms with Gasteiger partial charge in [-0.1, -0.05) is 18.2 Å². The van der Waals surface area contributed by atoms with Crippen LogP contribution in [0.4, 0.5) is 5.69 Å². The minimum Gasteiger partial charge on any atom is -0.464 e. The maximum Gasteiger partial charge on any atom is 0.340 e. The van der Waals surface area contributed by atoms with Gasteiger partial charge in [0.25, 0.3) is 5.69 Å². The molecule has 0 spiro atoms. The molecule has 19 heavy (non-hydrogen) atoms. The summed E-state index contributed by atoms with van der Waals surface area (Å²) in [6.45, 7) is 5.40.